The van der Waals surface area contributed by atoms with Gasteiger partial charge in [-0.1, -0.05) is 32.0 Å². The van der Waals surface area contributed by atoms with Crippen molar-refractivity contribution < 1.29 is 14.6 Å². The summed E-state index contributed by atoms with van der Waals surface area (Å²) >= 11 is 0. The minimum Gasteiger partial charge on any atom is -0.493 e. The molecular weight excluding hydrogens is 218 g/mol. The van der Waals surface area contributed by atoms with Crippen LogP contribution in [0.5, 0.6) is 5.75 Å². The molecule has 0 aliphatic carbocycles. The third kappa shape index (κ3) is 17.1. The van der Waals surface area contributed by atoms with Gasteiger partial charge in [0.25, 0.3) is 5.97 Å². The molecule has 0 unspecified atom stereocenters. The van der Waals surface area contributed by atoms with E-state index in [1.807, 2.05) is 30.3 Å². The van der Waals surface area contributed by atoms with Gasteiger partial charge in [-0.2, -0.15) is 0 Å². The molecule has 0 saturated heterocycles. The number of benzene rings is 1. The fraction of sp³-hybridized carbons (Fsp3) is 0.462. The molecular formula is C13H23NO3. The highest BCUT2D eigenvalue weighted by molar-refractivity contribution is 5.62. The highest BCUT2D eigenvalue weighted by Crippen LogP contribution is 2.09. The number of rotatable bonds is 3. The van der Waals surface area contributed by atoms with Crippen LogP contribution in [0.3, 0.4) is 0 Å². The Labute approximate surface area is 103 Å². The molecule has 98 valence electrons. The number of aliphatic carboxylic acids is 1. The smallest absolute Gasteiger partial charge is 0.300 e. The summed E-state index contributed by atoms with van der Waals surface area (Å²) < 4.78 is 5.47. The first-order valence-corrected chi connectivity index (χ1v) is 5.47. The second-order valence-corrected chi connectivity index (χ2v) is 3.54. The maximum Gasteiger partial charge on any atom is 0.300 e. The molecule has 0 aliphatic heterocycles. The summed E-state index contributed by atoms with van der Waals surface area (Å²) in [7, 11) is 1.50. The maximum absolute atomic E-state index is 9.00. The quantitative estimate of drug-likeness (QED) is 0.852. The molecule has 1 aromatic carbocycles. The van der Waals surface area contributed by atoms with Crippen LogP contribution >= 0.6 is 0 Å². The van der Waals surface area contributed by atoms with Gasteiger partial charge in [-0.3, -0.25) is 4.79 Å². The standard InChI is InChI=1S/C10H14O.C2H4O2.CH5N/c1-9(2)8-11-10-6-4-3-5-7-10;1-2(3)4;1-2/h3-7,9H,8H2,1-2H3;1H3,(H,3,4);2H2,1H3. The molecule has 0 heterocycles. The van der Waals surface area contributed by atoms with E-state index in [0.717, 1.165) is 19.3 Å². The lowest BCUT2D eigenvalue weighted by atomic mass is 10.2. The second-order valence-electron chi connectivity index (χ2n) is 3.54. The van der Waals surface area contributed by atoms with E-state index in [1.54, 1.807) is 0 Å². The van der Waals surface area contributed by atoms with Crippen molar-refractivity contribution in [3.63, 3.8) is 0 Å². The predicted octanol–water partition coefficient (Wildman–Crippen LogP) is 2.39. The Kier molecular flexibility index (Phi) is 13.1. The minimum absolute atomic E-state index is 0.593. The van der Waals surface area contributed by atoms with E-state index < -0.39 is 5.97 Å². The van der Waals surface area contributed by atoms with E-state index in [4.69, 9.17) is 14.6 Å². The van der Waals surface area contributed by atoms with Gasteiger partial charge in [0.05, 0.1) is 6.61 Å². The summed E-state index contributed by atoms with van der Waals surface area (Å²) in [6.07, 6.45) is 0. The minimum atomic E-state index is -0.833. The Hall–Kier alpha value is -1.55. The summed E-state index contributed by atoms with van der Waals surface area (Å²) in [4.78, 5) is 9.00. The van der Waals surface area contributed by atoms with Gasteiger partial charge in [0.2, 0.25) is 0 Å². The van der Waals surface area contributed by atoms with Crippen molar-refractivity contribution >= 4 is 5.97 Å². The predicted molar refractivity (Wildman–Crippen MR) is 70.2 cm³/mol. The van der Waals surface area contributed by atoms with Crippen molar-refractivity contribution in [1.29, 1.82) is 0 Å². The fourth-order valence-corrected chi connectivity index (χ4v) is 0.780. The lowest BCUT2D eigenvalue weighted by Gasteiger charge is -2.07. The summed E-state index contributed by atoms with van der Waals surface area (Å²) in [6, 6.07) is 9.90. The average molecular weight is 241 g/mol. The largest absolute Gasteiger partial charge is 0.493 e. The zero-order valence-corrected chi connectivity index (χ0v) is 11.0. The number of carboxylic acids is 1. The van der Waals surface area contributed by atoms with E-state index >= 15 is 0 Å². The molecule has 0 saturated carbocycles. The second kappa shape index (κ2) is 12.5. The van der Waals surface area contributed by atoms with Crippen LogP contribution in [0.1, 0.15) is 20.8 Å². The number of carbonyl (C=O) groups is 1. The van der Waals surface area contributed by atoms with Gasteiger partial charge in [0.1, 0.15) is 5.75 Å². The van der Waals surface area contributed by atoms with Crippen LogP contribution in [0.2, 0.25) is 0 Å². The van der Waals surface area contributed by atoms with Gasteiger partial charge < -0.3 is 15.6 Å². The normalized spacial score (nSPS) is 8.35. The van der Waals surface area contributed by atoms with E-state index in [2.05, 4.69) is 19.6 Å². The van der Waals surface area contributed by atoms with Gasteiger partial charge in [0.15, 0.2) is 0 Å². The molecule has 0 amide bonds. The molecule has 0 aromatic heterocycles. The molecule has 1 aromatic rings. The van der Waals surface area contributed by atoms with Crippen LogP contribution in [0, 0.1) is 5.92 Å². The monoisotopic (exact) mass is 241 g/mol. The SMILES string of the molecule is CC(=O)O.CC(C)COc1ccccc1.CN. The number of hydrogen-bond acceptors (Lipinski definition) is 3. The zero-order valence-electron chi connectivity index (χ0n) is 11.0. The van der Waals surface area contributed by atoms with Crippen LogP contribution in [0.15, 0.2) is 30.3 Å². The highest BCUT2D eigenvalue weighted by Gasteiger charge is 1.94. The lowest BCUT2D eigenvalue weighted by molar-refractivity contribution is -0.134. The van der Waals surface area contributed by atoms with Crippen LogP contribution in [0.25, 0.3) is 0 Å². The van der Waals surface area contributed by atoms with Crippen LogP contribution in [0.4, 0.5) is 0 Å². The first kappa shape index (κ1) is 17.8. The van der Waals surface area contributed by atoms with E-state index in [1.165, 1.54) is 7.05 Å². The Balaban J connectivity index is 0. The first-order chi connectivity index (χ1) is 8.02. The van der Waals surface area contributed by atoms with Gasteiger partial charge in [0, 0.05) is 6.92 Å². The Bertz CT molecular complexity index is 269. The lowest BCUT2D eigenvalue weighted by Crippen LogP contribution is -2.03. The van der Waals surface area contributed by atoms with Gasteiger partial charge in [-0.05, 0) is 25.1 Å². The van der Waals surface area contributed by atoms with Crippen molar-refractivity contribution in [2.24, 2.45) is 11.7 Å². The molecule has 0 spiro atoms. The van der Waals surface area contributed by atoms with Crippen molar-refractivity contribution in [2.45, 2.75) is 20.8 Å². The summed E-state index contributed by atoms with van der Waals surface area (Å²) in [5, 5.41) is 7.42. The van der Waals surface area contributed by atoms with Crippen molar-refractivity contribution in [3.8, 4) is 5.75 Å². The number of hydrogen-bond donors (Lipinski definition) is 2. The van der Waals surface area contributed by atoms with Gasteiger partial charge >= 0.3 is 0 Å². The Morgan fingerprint density at radius 2 is 1.71 bits per heavy atom. The van der Waals surface area contributed by atoms with E-state index in [0.29, 0.717) is 5.92 Å². The summed E-state index contributed by atoms with van der Waals surface area (Å²) in [5.41, 5.74) is 4.50. The molecule has 1 rings (SSSR count). The number of carboxylic acid groups (broad SMARTS) is 1. The zero-order chi connectivity index (χ0) is 13.7. The van der Waals surface area contributed by atoms with Crippen molar-refractivity contribution in [3.05, 3.63) is 30.3 Å². The third-order valence-corrected chi connectivity index (χ3v) is 1.33. The fourth-order valence-electron chi connectivity index (χ4n) is 0.780. The van der Waals surface area contributed by atoms with E-state index in [9.17, 15) is 0 Å². The third-order valence-electron chi connectivity index (χ3n) is 1.33. The van der Waals surface area contributed by atoms with Crippen molar-refractivity contribution in [2.75, 3.05) is 13.7 Å². The maximum atomic E-state index is 9.00. The van der Waals surface area contributed by atoms with Gasteiger partial charge in [-0.25, -0.2) is 0 Å². The summed E-state index contributed by atoms with van der Waals surface area (Å²) in [6.45, 7) is 6.16. The van der Waals surface area contributed by atoms with E-state index in [-0.39, 0.29) is 0 Å². The number of ether oxygens (including phenoxy) is 1. The Morgan fingerprint density at radius 3 is 2.06 bits per heavy atom. The average Bonchev–Trinajstić information content (AvgIpc) is 2.30. The highest BCUT2D eigenvalue weighted by atomic mass is 16.5. The molecule has 4 nitrogen and oxygen atoms in total. The van der Waals surface area contributed by atoms with Crippen LogP contribution in [-0.2, 0) is 4.79 Å². The molecule has 0 aliphatic rings. The molecule has 0 atom stereocenters. The van der Waals surface area contributed by atoms with Gasteiger partial charge in [-0.15, -0.1) is 0 Å². The van der Waals surface area contributed by atoms with Crippen molar-refractivity contribution in [1.82, 2.24) is 0 Å². The van der Waals surface area contributed by atoms with Crippen LogP contribution in [-0.4, -0.2) is 24.7 Å². The van der Waals surface area contributed by atoms with Crippen LogP contribution < -0.4 is 10.5 Å². The number of para-hydroxylation sites is 1. The topological polar surface area (TPSA) is 72.5 Å². The summed E-state index contributed by atoms with van der Waals surface area (Å²) in [5.74, 6) is 0.719. The molecule has 0 bridgehead atoms. The first-order valence-electron chi connectivity index (χ1n) is 5.47. The molecule has 4 heteroatoms. The molecule has 3 N–H and O–H groups in total. The molecule has 17 heavy (non-hydrogen) atoms. The molecule has 0 fully saturated rings. The Morgan fingerprint density at radius 1 is 1.29 bits per heavy atom. The number of nitrogens with two attached hydrogens (primary N) is 1. The molecule has 0 radical (unpaired) electrons.